The van der Waals surface area contributed by atoms with E-state index in [1.165, 1.54) is 11.3 Å². The van der Waals surface area contributed by atoms with Gasteiger partial charge in [0.2, 0.25) is 0 Å². The molecule has 0 radical (unpaired) electrons. The lowest BCUT2D eigenvalue weighted by Crippen LogP contribution is -2.23. The van der Waals surface area contributed by atoms with Gasteiger partial charge in [-0.25, -0.2) is 0 Å². The molecule has 0 heterocycles. The molecule has 0 bridgehead atoms. The molecular weight excluding hydrogens is 208 g/mol. The maximum atomic E-state index is 3.54. The Hall–Kier alpha value is -1.02. The van der Waals surface area contributed by atoms with E-state index < -0.39 is 0 Å². The van der Waals surface area contributed by atoms with Gasteiger partial charge in [-0.05, 0) is 30.6 Å². The van der Waals surface area contributed by atoms with Gasteiger partial charge >= 0.3 is 0 Å². The van der Waals surface area contributed by atoms with Crippen LogP contribution in [0.1, 0.15) is 33.3 Å². The molecule has 0 saturated heterocycles. The summed E-state index contributed by atoms with van der Waals surface area (Å²) in [6.07, 6.45) is 0. The molecule has 0 atom stereocenters. The predicted octanol–water partition coefficient (Wildman–Crippen LogP) is 3.60. The Kier molecular flexibility index (Phi) is 6.06. The van der Waals surface area contributed by atoms with E-state index in [-0.39, 0.29) is 0 Å². The fourth-order valence-electron chi connectivity index (χ4n) is 1.83. The van der Waals surface area contributed by atoms with Crippen LogP contribution in [0.3, 0.4) is 0 Å². The first-order valence-electron chi connectivity index (χ1n) is 6.71. The van der Waals surface area contributed by atoms with E-state index in [1.807, 2.05) is 0 Å². The van der Waals surface area contributed by atoms with Gasteiger partial charge in [0, 0.05) is 18.8 Å². The summed E-state index contributed by atoms with van der Waals surface area (Å²) in [4.78, 5) is 2.44. The highest BCUT2D eigenvalue weighted by Crippen LogP contribution is 2.17. The van der Waals surface area contributed by atoms with Crippen molar-refractivity contribution in [3.63, 3.8) is 0 Å². The first-order valence-corrected chi connectivity index (χ1v) is 6.71. The van der Waals surface area contributed by atoms with E-state index in [1.54, 1.807) is 0 Å². The molecule has 0 amide bonds. The van der Waals surface area contributed by atoms with Crippen molar-refractivity contribution in [1.82, 2.24) is 4.90 Å². The third-order valence-electron chi connectivity index (χ3n) is 3.01. The maximum Gasteiger partial charge on any atom is 0.0385 e. The minimum atomic E-state index is 0.677. The second kappa shape index (κ2) is 7.33. The lowest BCUT2D eigenvalue weighted by Gasteiger charge is -2.21. The van der Waals surface area contributed by atoms with Crippen LogP contribution >= 0.6 is 0 Å². The molecule has 17 heavy (non-hydrogen) atoms. The number of hydrogen-bond donors (Lipinski definition) is 1. The molecular formula is C15H26N2. The minimum Gasteiger partial charge on any atom is -0.385 e. The Labute approximate surface area is 106 Å². The van der Waals surface area contributed by atoms with E-state index in [0.29, 0.717) is 5.92 Å². The number of para-hydroxylation sites is 1. The molecule has 0 fully saturated rings. The van der Waals surface area contributed by atoms with Gasteiger partial charge in [0.05, 0.1) is 0 Å². The SMILES string of the molecule is CCN(CC)Cc1ccccc1NCC(C)C. The molecule has 0 aliphatic carbocycles. The Bertz CT molecular complexity index is 316. The van der Waals surface area contributed by atoms with Crippen LogP contribution in [0.25, 0.3) is 0 Å². The Morgan fingerprint density at radius 1 is 1.12 bits per heavy atom. The monoisotopic (exact) mass is 234 g/mol. The van der Waals surface area contributed by atoms with E-state index in [9.17, 15) is 0 Å². The fraction of sp³-hybridized carbons (Fsp3) is 0.600. The smallest absolute Gasteiger partial charge is 0.0385 e. The van der Waals surface area contributed by atoms with Gasteiger partial charge in [0.25, 0.3) is 0 Å². The fourth-order valence-corrected chi connectivity index (χ4v) is 1.83. The minimum absolute atomic E-state index is 0.677. The van der Waals surface area contributed by atoms with E-state index in [2.05, 4.69) is 62.2 Å². The van der Waals surface area contributed by atoms with Crippen LogP contribution < -0.4 is 5.32 Å². The van der Waals surface area contributed by atoms with Gasteiger partial charge in [0.15, 0.2) is 0 Å². The Balaban J connectivity index is 2.69. The van der Waals surface area contributed by atoms with Crippen molar-refractivity contribution in [2.45, 2.75) is 34.2 Å². The number of anilines is 1. The summed E-state index contributed by atoms with van der Waals surface area (Å²) >= 11 is 0. The predicted molar refractivity (Wildman–Crippen MR) is 76.4 cm³/mol. The van der Waals surface area contributed by atoms with Crippen molar-refractivity contribution < 1.29 is 0 Å². The molecule has 2 nitrogen and oxygen atoms in total. The average molecular weight is 234 g/mol. The number of benzene rings is 1. The Morgan fingerprint density at radius 3 is 2.35 bits per heavy atom. The molecule has 0 saturated carbocycles. The highest BCUT2D eigenvalue weighted by atomic mass is 15.1. The molecule has 0 aromatic heterocycles. The third kappa shape index (κ3) is 4.78. The maximum absolute atomic E-state index is 3.54. The van der Waals surface area contributed by atoms with Crippen LogP contribution in [0.5, 0.6) is 0 Å². The zero-order valence-corrected chi connectivity index (χ0v) is 11.7. The highest BCUT2D eigenvalue weighted by molar-refractivity contribution is 5.51. The molecule has 0 aliphatic heterocycles. The van der Waals surface area contributed by atoms with Crippen LogP contribution in [0, 0.1) is 5.92 Å². The first kappa shape index (κ1) is 14.0. The summed E-state index contributed by atoms with van der Waals surface area (Å²) in [7, 11) is 0. The molecule has 1 aromatic carbocycles. The van der Waals surface area contributed by atoms with Crippen LogP contribution in [-0.2, 0) is 6.54 Å². The van der Waals surface area contributed by atoms with Crippen molar-refractivity contribution in [3.05, 3.63) is 29.8 Å². The third-order valence-corrected chi connectivity index (χ3v) is 3.01. The molecule has 1 aromatic rings. The average Bonchev–Trinajstić information content (AvgIpc) is 2.34. The molecule has 0 aliphatic rings. The number of rotatable bonds is 7. The van der Waals surface area contributed by atoms with E-state index in [0.717, 1.165) is 26.2 Å². The second-order valence-electron chi connectivity index (χ2n) is 4.89. The lowest BCUT2D eigenvalue weighted by atomic mass is 10.1. The van der Waals surface area contributed by atoms with Gasteiger partial charge in [0.1, 0.15) is 0 Å². The molecule has 0 spiro atoms. The number of hydrogen-bond acceptors (Lipinski definition) is 2. The Morgan fingerprint density at radius 2 is 1.76 bits per heavy atom. The van der Waals surface area contributed by atoms with E-state index >= 15 is 0 Å². The van der Waals surface area contributed by atoms with E-state index in [4.69, 9.17) is 0 Å². The van der Waals surface area contributed by atoms with Crippen molar-refractivity contribution in [1.29, 1.82) is 0 Å². The second-order valence-corrected chi connectivity index (χ2v) is 4.89. The van der Waals surface area contributed by atoms with Gasteiger partial charge in [-0.1, -0.05) is 45.9 Å². The normalized spacial score (nSPS) is 11.2. The van der Waals surface area contributed by atoms with Crippen LogP contribution in [0.4, 0.5) is 5.69 Å². The first-order chi connectivity index (χ1) is 8.17. The van der Waals surface area contributed by atoms with Crippen LogP contribution in [0.2, 0.25) is 0 Å². The molecule has 1 N–H and O–H groups in total. The largest absolute Gasteiger partial charge is 0.385 e. The van der Waals surface area contributed by atoms with Crippen LogP contribution in [0.15, 0.2) is 24.3 Å². The number of nitrogens with zero attached hydrogens (tertiary/aromatic N) is 1. The lowest BCUT2D eigenvalue weighted by molar-refractivity contribution is 0.296. The van der Waals surface area contributed by atoms with Crippen molar-refractivity contribution >= 4 is 5.69 Å². The molecule has 1 rings (SSSR count). The van der Waals surface area contributed by atoms with Gasteiger partial charge in [-0.15, -0.1) is 0 Å². The zero-order chi connectivity index (χ0) is 12.7. The summed E-state index contributed by atoms with van der Waals surface area (Å²) in [5.41, 5.74) is 2.69. The zero-order valence-electron chi connectivity index (χ0n) is 11.7. The van der Waals surface area contributed by atoms with Crippen molar-refractivity contribution in [3.8, 4) is 0 Å². The quantitative estimate of drug-likeness (QED) is 0.775. The summed E-state index contributed by atoms with van der Waals surface area (Å²) in [6.45, 7) is 13.2. The summed E-state index contributed by atoms with van der Waals surface area (Å²) in [5.74, 6) is 0.677. The van der Waals surface area contributed by atoms with Gasteiger partial charge < -0.3 is 5.32 Å². The molecule has 96 valence electrons. The molecule has 2 heteroatoms. The van der Waals surface area contributed by atoms with Gasteiger partial charge in [-0.3, -0.25) is 4.90 Å². The molecule has 0 unspecified atom stereocenters. The summed E-state index contributed by atoms with van der Waals surface area (Å²) < 4.78 is 0. The number of nitrogens with one attached hydrogen (secondary N) is 1. The van der Waals surface area contributed by atoms with Crippen molar-refractivity contribution in [2.24, 2.45) is 5.92 Å². The standard InChI is InChI=1S/C15H26N2/c1-5-17(6-2)12-14-9-7-8-10-15(14)16-11-13(3)4/h7-10,13,16H,5-6,11-12H2,1-4H3. The van der Waals surface area contributed by atoms with Gasteiger partial charge in [-0.2, -0.15) is 0 Å². The summed E-state index contributed by atoms with van der Waals surface area (Å²) in [5, 5.41) is 3.54. The topological polar surface area (TPSA) is 15.3 Å². The highest BCUT2D eigenvalue weighted by Gasteiger charge is 2.05. The van der Waals surface area contributed by atoms with Crippen molar-refractivity contribution in [2.75, 3.05) is 25.0 Å². The van der Waals surface area contributed by atoms with Crippen LogP contribution in [-0.4, -0.2) is 24.5 Å². The summed E-state index contributed by atoms with van der Waals surface area (Å²) in [6, 6.07) is 8.63.